The SMILES string of the molecule is CC(C)(C)OC(=O)N1CCC(C2CC2B2OC(C)(C)C(C)(C)O2)CC1. The summed E-state index contributed by atoms with van der Waals surface area (Å²) in [5.41, 5.74) is -0.915. The van der Waals surface area contributed by atoms with Gasteiger partial charge in [-0.2, -0.15) is 0 Å². The van der Waals surface area contributed by atoms with Crippen molar-refractivity contribution in [2.45, 2.75) is 90.3 Å². The fraction of sp³-hybridized carbons (Fsp3) is 0.947. The maximum Gasteiger partial charge on any atom is 0.461 e. The Labute approximate surface area is 152 Å². The van der Waals surface area contributed by atoms with Gasteiger partial charge in [0.15, 0.2) is 0 Å². The van der Waals surface area contributed by atoms with Gasteiger partial charge in [0.25, 0.3) is 0 Å². The zero-order valence-corrected chi connectivity index (χ0v) is 16.9. The van der Waals surface area contributed by atoms with E-state index in [1.54, 1.807) is 0 Å². The summed E-state index contributed by atoms with van der Waals surface area (Å²) in [6.07, 6.45) is 3.12. The molecule has 2 unspecified atom stereocenters. The van der Waals surface area contributed by atoms with Crippen molar-refractivity contribution >= 4 is 13.2 Å². The molecule has 0 aromatic heterocycles. The van der Waals surface area contributed by atoms with Crippen LogP contribution in [0.15, 0.2) is 0 Å². The first-order valence-electron chi connectivity index (χ1n) is 9.73. The molecule has 3 rings (SSSR count). The minimum absolute atomic E-state index is 0.0705. The van der Waals surface area contributed by atoms with Crippen LogP contribution in [0.2, 0.25) is 5.82 Å². The Morgan fingerprint density at radius 1 is 1.08 bits per heavy atom. The van der Waals surface area contributed by atoms with Crippen LogP contribution in [0.4, 0.5) is 4.79 Å². The summed E-state index contributed by atoms with van der Waals surface area (Å²) in [6, 6.07) is 0. The van der Waals surface area contributed by atoms with E-state index in [4.69, 9.17) is 14.0 Å². The highest BCUT2D eigenvalue weighted by Crippen LogP contribution is 2.57. The topological polar surface area (TPSA) is 48.0 Å². The molecule has 0 aromatic rings. The average Bonchev–Trinajstić information content (AvgIpc) is 3.20. The molecule has 0 radical (unpaired) electrons. The lowest BCUT2D eigenvalue weighted by molar-refractivity contribution is 0.00578. The molecule has 1 aliphatic carbocycles. The third-order valence-electron chi connectivity index (χ3n) is 6.31. The Bertz CT molecular complexity index is 504. The van der Waals surface area contributed by atoms with Crippen LogP contribution in [0.25, 0.3) is 0 Å². The van der Waals surface area contributed by atoms with Crippen molar-refractivity contribution < 1.29 is 18.8 Å². The zero-order valence-electron chi connectivity index (χ0n) is 16.9. The molecule has 3 fully saturated rings. The molecule has 2 saturated heterocycles. The number of carbonyl (C=O) groups is 1. The number of ether oxygens (including phenoxy) is 1. The molecule has 0 spiro atoms. The number of hydrogen-bond acceptors (Lipinski definition) is 4. The molecule has 2 heterocycles. The monoisotopic (exact) mass is 351 g/mol. The summed E-state index contributed by atoms with van der Waals surface area (Å²) in [5, 5.41) is 0. The Kier molecular flexibility index (Phi) is 4.69. The third-order valence-corrected chi connectivity index (χ3v) is 6.31. The first-order chi connectivity index (χ1) is 11.4. The summed E-state index contributed by atoms with van der Waals surface area (Å²) >= 11 is 0. The van der Waals surface area contributed by atoms with Crippen molar-refractivity contribution in [1.29, 1.82) is 0 Å². The van der Waals surface area contributed by atoms with Gasteiger partial charge in [-0.1, -0.05) is 0 Å². The van der Waals surface area contributed by atoms with Gasteiger partial charge < -0.3 is 18.9 Å². The molecule has 2 atom stereocenters. The molecule has 5 nitrogen and oxygen atoms in total. The summed E-state index contributed by atoms with van der Waals surface area (Å²) in [7, 11) is -0.0705. The van der Waals surface area contributed by atoms with Gasteiger partial charge in [-0.25, -0.2) is 4.79 Å². The molecular formula is C19H34BNO4. The van der Waals surface area contributed by atoms with Crippen LogP contribution in [0, 0.1) is 11.8 Å². The predicted molar refractivity (Wildman–Crippen MR) is 98.5 cm³/mol. The smallest absolute Gasteiger partial charge is 0.444 e. The van der Waals surface area contributed by atoms with E-state index in [1.807, 2.05) is 25.7 Å². The second kappa shape index (κ2) is 6.16. The highest BCUT2D eigenvalue weighted by atomic mass is 16.7. The van der Waals surface area contributed by atoms with Gasteiger partial charge >= 0.3 is 13.2 Å². The van der Waals surface area contributed by atoms with Crippen LogP contribution in [0.1, 0.15) is 67.7 Å². The Balaban J connectivity index is 1.47. The zero-order chi connectivity index (χ0) is 18.6. The predicted octanol–water partition coefficient (Wildman–Crippen LogP) is 4.12. The van der Waals surface area contributed by atoms with Crippen molar-refractivity contribution in [3.8, 4) is 0 Å². The summed E-state index contributed by atoms with van der Waals surface area (Å²) in [6.45, 7) is 15.8. The van der Waals surface area contributed by atoms with Crippen LogP contribution >= 0.6 is 0 Å². The first-order valence-corrected chi connectivity index (χ1v) is 9.73. The number of likely N-dealkylation sites (tertiary alicyclic amines) is 1. The number of carbonyl (C=O) groups excluding carboxylic acids is 1. The van der Waals surface area contributed by atoms with Crippen LogP contribution in [-0.4, -0.2) is 48.0 Å². The standard InChI is InChI=1S/C19H34BNO4/c1-17(2,3)23-16(22)21-10-8-13(9-11-21)14-12-15(14)20-24-18(4,5)19(6,7)25-20/h13-15H,8-12H2,1-7H3. The summed E-state index contributed by atoms with van der Waals surface area (Å²) in [5.74, 6) is 1.86. The van der Waals surface area contributed by atoms with Gasteiger partial charge in [0.05, 0.1) is 11.2 Å². The molecule has 0 N–H and O–H groups in total. The van der Waals surface area contributed by atoms with E-state index >= 15 is 0 Å². The van der Waals surface area contributed by atoms with Crippen LogP contribution in [-0.2, 0) is 14.0 Å². The van der Waals surface area contributed by atoms with Crippen molar-refractivity contribution in [1.82, 2.24) is 4.90 Å². The molecule has 1 amide bonds. The Hall–Kier alpha value is -0.745. The molecular weight excluding hydrogens is 317 g/mol. The molecule has 0 aromatic carbocycles. The molecule has 1 saturated carbocycles. The number of rotatable bonds is 2. The van der Waals surface area contributed by atoms with Crippen molar-refractivity contribution in [2.24, 2.45) is 11.8 Å². The van der Waals surface area contributed by atoms with E-state index in [-0.39, 0.29) is 24.4 Å². The van der Waals surface area contributed by atoms with Crippen LogP contribution in [0.3, 0.4) is 0 Å². The minimum Gasteiger partial charge on any atom is -0.444 e. The van der Waals surface area contributed by atoms with E-state index in [0.717, 1.165) is 25.9 Å². The van der Waals surface area contributed by atoms with Gasteiger partial charge in [-0.05, 0) is 85.4 Å². The molecule has 25 heavy (non-hydrogen) atoms. The van der Waals surface area contributed by atoms with Gasteiger partial charge in [-0.15, -0.1) is 0 Å². The highest BCUT2D eigenvalue weighted by Gasteiger charge is 2.60. The van der Waals surface area contributed by atoms with E-state index in [2.05, 4.69) is 27.7 Å². The minimum atomic E-state index is -0.424. The quantitative estimate of drug-likeness (QED) is 0.703. The highest BCUT2D eigenvalue weighted by molar-refractivity contribution is 6.48. The third kappa shape index (κ3) is 4.00. The van der Waals surface area contributed by atoms with E-state index in [9.17, 15) is 4.79 Å². The normalized spacial score (nSPS) is 32.0. The molecule has 0 bridgehead atoms. The van der Waals surface area contributed by atoms with Gasteiger partial charge in [0.1, 0.15) is 5.60 Å². The van der Waals surface area contributed by atoms with Gasteiger partial charge in [0, 0.05) is 13.1 Å². The average molecular weight is 351 g/mol. The Morgan fingerprint density at radius 3 is 2.08 bits per heavy atom. The lowest BCUT2D eigenvalue weighted by Crippen LogP contribution is -2.42. The molecule has 2 aliphatic heterocycles. The Morgan fingerprint density at radius 2 is 1.60 bits per heavy atom. The largest absolute Gasteiger partial charge is 0.461 e. The second-order valence-electron chi connectivity index (χ2n) is 9.99. The lowest BCUT2D eigenvalue weighted by Gasteiger charge is -2.33. The van der Waals surface area contributed by atoms with Crippen molar-refractivity contribution in [3.05, 3.63) is 0 Å². The molecule has 6 heteroatoms. The fourth-order valence-corrected chi connectivity index (χ4v) is 3.99. The summed E-state index contributed by atoms with van der Waals surface area (Å²) in [4.78, 5) is 14.0. The van der Waals surface area contributed by atoms with E-state index in [1.165, 1.54) is 6.42 Å². The van der Waals surface area contributed by atoms with Crippen LogP contribution < -0.4 is 0 Å². The van der Waals surface area contributed by atoms with Crippen molar-refractivity contribution in [3.63, 3.8) is 0 Å². The maximum atomic E-state index is 12.2. The van der Waals surface area contributed by atoms with Gasteiger partial charge in [-0.3, -0.25) is 0 Å². The number of nitrogens with zero attached hydrogens (tertiary/aromatic N) is 1. The second-order valence-corrected chi connectivity index (χ2v) is 9.99. The number of amides is 1. The fourth-order valence-electron chi connectivity index (χ4n) is 3.99. The lowest BCUT2D eigenvalue weighted by atomic mass is 9.77. The van der Waals surface area contributed by atoms with Crippen LogP contribution in [0.5, 0.6) is 0 Å². The molecule has 3 aliphatic rings. The van der Waals surface area contributed by atoms with E-state index < -0.39 is 5.60 Å². The maximum absolute atomic E-state index is 12.2. The number of hydrogen-bond donors (Lipinski definition) is 0. The summed E-state index contributed by atoms with van der Waals surface area (Å²) < 4.78 is 17.9. The number of piperidine rings is 1. The first kappa shape index (κ1) is 19.0. The molecule has 142 valence electrons. The van der Waals surface area contributed by atoms with Crippen molar-refractivity contribution in [2.75, 3.05) is 13.1 Å². The van der Waals surface area contributed by atoms with Gasteiger partial charge in [0.2, 0.25) is 0 Å². The van der Waals surface area contributed by atoms with E-state index in [0.29, 0.717) is 17.7 Å².